The Labute approximate surface area is 269 Å². The summed E-state index contributed by atoms with van der Waals surface area (Å²) in [6.45, 7) is 6.60. The van der Waals surface area contributed by atoms with Gasteiger partial charge >= 0.3 is 11.9 Å². The molecular weight excluding hydrogens is 676 g/mol. The van der Waals surface area contributed by atoms with Gasteiger partial charge in [-0.05, 0) is 99.6 Å². The third kappa shape index (κ3) is 7.23. The van der Waals surface area contributed by atoms with Crippen LogP contribution in [0.2, 0.25) is 0 Å². The molecule has 2 aromatic rings. The Hall–Kier alpha value is -2.97. The second-order valence-corrected chi connectivity index (χ2v) is 13.7. The summed E-state index contributed by atoms with van der Waals surface area (Å²) in [5.74, 6) is 0.206. The SMILES string of the molecule is CC(=CCCC(C)C1=CCC2(C)OC3=C(CC12)C(=O)C(OC(=O)c1ccc(Br)cc1)CC3)COC(=O)c1ccc(Br)cc1. The second-order valence-electron chi connectivity index (χ2n) is 11.9. The van der Waals surface area contributed by atoms with Crippen molar-refractivity contribution < 1.29 is 28.6 Å². The van der Waals surface area contributed by atoms with Crippen molar-refractivity contribution >= 4 is 49.6 Å². The average molecular weight is 712 g/mol. The van der Waals surface area contributed by atoms with Crippen molar-refractivity contribution in [2.24, 2.45) is 11.8 Å². The van der Waals surface area contributed by atoms with Gasteiger partial charge in [-0.3, -0.25) is 4.79 Å². The molecule has 0 spiro atoms. The highest BCUT2D eigenvalue weighted by atomic mass is 79.9. The van der Waals surface area contributed by atoms with Gasteiger partial charge in [0.05, 0.1) is 11.1 Å². The van der Waals surface area contributed by atoms with E-state index in [1.165, 1.54) is 5.57 Å². The monoisotopic (exact) mass is 710 g/mol. The molecule has 2 aromatic carbocycles. The molecular formula is C35H36Br2O6. The maximum atomic E-state index is 13.5. The van der Waals surface area contributed by atoms with E-state index in [2.05, 4.69) is 57.9 Å². The van der Waals surface area contributed by atoms with Gasteiger partial charge < -0.3 is 14.2 Å². The zero-order valence-electron chi connectivity index (χ0n) is 24.7. The molecule has 0 radical (unpaired) electrons. The molecule has 0 saturated heterocycles. The second kappa shape index (κ2) is 13.3. The molecule has 43 heavy (non-hydrogen) atoms. The maximum Gasteiger partial charge on any atom is 0.338 e. The van der Waals surface area contributed by atoms with E-state index in [1.807, 2.05) is 19.1 Å². The molecule has 1 aliphatic heterocycles. The zero-order valence-corrected chi connectivity index (χ0v) is 27.8. The number of Topliss-reactive ketones (excluding diaryl/α,β-unsaturated/α-hetero) is 1. The Kier molecular flexibility index (Phi) is 9.76. The fraction of sp³-hybridized carbons (Fsp3) is 0.400. The third-order valence-corrected chi connectivity index (χ3v) is 9.77. The predicted molar refractivity (Wildman–Crippen MR) is 171 cm³/mol. The summed E-state index contributed by atoms with van der Waals surface area (Å²) in [4.78, 5) is 38.6. The van der Waals surface area contributed by atoms with Gasteiger partial charge in [-0.2, -0.15) is 0 Å². The first-order chi connectivity index (χ1) is 20.5. The lowest BCUT2D eigenvalue weighted by Crippen LogP contribution is -2.44. The summed E-state index contributed by atoms with van der Waals surface area (Å²) < 4.78 is 19.5. The van der Waals surface area contributed by atoms with Crippen LogP contribution in [-0.2, 0) is 19.0 Å². The van der Waals surface area contributed by atoms with E-state index in [-0.39, 0.29) is 29.9 Å². The quantitative estimate of drug-likeness (QED) is 0.191. The van der Waals surface area contributed by atoms with Crippen LogP contribution in [0.4, 0.5) is 0 Å². The molecule has 226 valence electrons. The fourth-order valence-corrected chi connectivity index (χ4v) is 6.72. The molecule has 0 saturated carbocycles. The number of allylic oxidation sites excluding steroid dienone is 2. The van der Waals surface area contributed by atoms with E-state index in [0.717, 1.165) is 39.5 Å². The Bertz CT molecular complexity index is 1490. The van der Waals surface area contributed by atoms with E-state index < -0.39 is 12.1 Å². The van der Waals surface area contributed by atoms with E-state index in [1.54, 1.807) is 36.4 Å². The number of ether oxygens (including phenoxy) is 3. The van der Waals surface area contributed by atoms with Gasteiger partial charge in [-0.15, -0.1) is 0 Å². The van der Waals surface area contributed by atoms with Crippen molar-refractivity contribution in [3.05, 3.63) is 103 Å². The lowest BCUT2D eigenvalue weighted by molar-refractivity contribution is -0.128. The van der Waals surface area contributed by atoms with Crippen LogP contribution >= 0.6 is 31.9 Å². The third-order valence-electron chi connectivity index (χ3n) is 8.71. The molecule has 6 nitrogen and oxygen atoms in total. The van der Waals surface area contributed by atoms with Gasteiger partial charge in [0.25, 0.3) is 0 Å². The van der Waals surface area contributed by atoms with Crippen LogP contribution in [0, 0.1) is 11.8 Å². The van der Waals surface area contributed by atoms with Gasteiger partial charge in [0.1, 0.15) is 18.0 Å². The van der Waals surface area contributed by atoms with Crippen LogP contribution in [0.5, 0.6) is 0 Å². The lowest BCUT2D eigenvalue weighted by atomic mass is 9.73. The molecule has 8 heteroatoms. The fourth-order valence-electron chi connectivity index (χ4n) is 6.19. The Morgan fingerprint density at radius 1 is 1.05 bits per heavy atom. The minimum Gasteiger partial charge on any atom is -0.491 e. The largest absolute Gasteiger partial charge is 0.491 e. The molecule has 0 N–H and O–H groups in total. The summed E-state index contributed by atoms with van der Waals surface area (Å²) in [5.41, 5.74) is 3.59. The predicted octanol–water partition coefficient (Wildman–Crippen LogP) is 8.70. The van der Waals surface area contributed by atoms with Crippen molar-refractivity contribution in [3.8, 4) is 0 Å². The molecule has 5 rings (SSSR count). The van der Waals surface area contributed by atoms with E-state index in [9.17, 15) is 14.4 Å². The van der Waals surface area contributed by atoms with Gasteiger partial charge in [-0.25, -0.2) is 9.59 Å². The molecule has 4 unspecified atom stereocenters. The van der Waals surface area contributed by atoms with E-state index in [0.29, 0.717) is 41.9 Å². The number of rotatable bonds is 9. The number of carbonyl (C=O) groups is 3. The first-order valence-corrected chi connectivity index (χ1v) is 16.3. The zero-order chi connectivity index (χ0) is 30.7. The number of carbonyl (C=O) groups excluding carboxylic acids is 3. The molecule has 1 heterocycles. The van der Waals surface area contributed by atoms with Crippen molar-refractivity contribution in [2.75, 3.05) is 6.61 Å². The topological polar surface area (TPSA) is 78.9 Å². The van der Waals surface area contributed by atoms with Gasteiger partial charge in [0.2, 0.25) is 5.78 Å². The van der Waals surface area contributed by atoms with Crippen LogP contribution in [0.25, 0.3) is 0 Å². The number of esters is 2. The van der Waals surface area contributed by atoms with Gasteiger partial charge in [-0.1, -0.05) is 56.5 Å². The highest BCUT2D eigenvalue weighted by Gasteiger charge is 2.50. The van der Waals surface area contributed by atoms with Crippen LogP contribution < -0.4 is 0 Å². The molecule has 0 fully saturated rings. The smallest absolute Gasteiger partial charge is 0.338 e. The number of benzene rings is 2. The van der Waals surface area contributed by atoms with Crippen molar-refractivity contribution in [1.29, 1.82) is 0 Å². The van der Waals surface area contributed by atoms with Crippen molar-refractivity contribution in [3.63, 3.8) is 0 Å². The summed E-state index contributed by atoms with van der Waals surface area (Å²) in [7, 11) is 0. The first-order valence-electron chi connectivity index (χ1n) is 14.7. The van der Waals surface area contributed by atoms with Gasteiger partial charge in [0, 0.05) is 33.3 Å². The van der Waals surface area contributed by atoms with Crippen LogP contribution in [0.3, 0.4) is 0 Å². The summed E-state index contributed by atoms with van der Waals surface area (Å²) in [6, 6.07) is 14.0. The minimum absolute atomic E-state index is 0.100. The van der Waals surface area contributed by atoms with E-state index in [4.69, 9.17) is 14.2 Å². The number of halogens is 2. The molecule has 2 aliphatic carbocycles. The standard InChI is InChI=1S/C35H36Br2O6/c1-21(20-41-33(39)23-7-11-25(36)12-8-23)5-4-6-22(2)27-17-18-35(3)29(27)19-28-30(43-35)15-16-31(32(28)38)42-34(40)24-9-13-26(37)14-10-24/h5,7-14,17,22,29,31H,4,6,15-16,18-20H2,1-3H3. The number of hydrogen-bond acceptors (Lipinski definition) is 6. The van der Waals surface area contributed by atoms with Crippen LogP contribution in [0.15, 0.2) is 92.1 Å². The lowest BCUT2D eigenvalue weighted by Gasteiger charge is -2.43. The Morgan fingerprint density at radius 3 is 2.33 bits per heavy atom. The summed E-state index contributed by atoms with van der Waals surface area (Å²) in [6.07, 6.45) is 7.85. The molecule has 4 atom stereocenters. The maximum absolute atomic E-state index is 13.5. The van der Waals surface area contributed by atoms with Crippen molar-refractivity contribution in [2.45, 2.75) is 71.0 Å². The number of fused-ring (bicyclic) bond motifs is 1. The molecule has 0 bridgehead atoms. The van der Waals surface area contributed by atoms with Crippen LogP contribution in [0.1, 0.15) is 80.0 Å². The van der Waals surface area contributed by atoms with Gasteiger partial charge in [0.15, 0.2) is 6.10 Å². The minimum atomic E-state index is -0.792. The number of ketones is 1. The van der Waals surface area contributed by atoms with Crippen LogP contribution in [-0.4, -0.2) is 36.0 Å². The summed E-state index contributed by atoms with van der Waals surface area (Å²) in [5, 5.41) is 0. The molecule has 0 aromatic heterocycles. The Morgan fingerprint density at radius 2 is 1.67 bits per heavy atom. The normalized spacial score (nSPS) is 24.0. The number of hydrogen-bond donors (Lipinski definition) is 0. The highest BCUT2D eigenvalue weighted by Crippen LogP contribution is 2.52. The highest BCUT2D eigenvalue weighted by molar-refractivity contribution is 9.10. The van der Waals surface area contributed by atoms with Crippen molar-refractivity contribution in [1.82, 2.24) is 0 Å². The van der Waals surface area contributed by atoms with E-state index >= 15 is 0 Å². The average Bonchev–Trinajstić information content (AvgIpc) is 3.33. The Balaban J connectivity index is 1.16. The summed E-state index contributed by atoms with van der Waals surface area (Å²) >= 11 is 6.74. The first kappa shape index (κ1) is 31.5. The molecule has 3 aliphatic rings. The molecule has 0 amide bonds.